The number of benzene rings is 2. The average Bonchev–Trinajstić information content (AvgIpc) is 2.66. The van der Waals surface area contributed by atoms with Gasteiger partial charge in [-0.1, -0.05) is 6.92 Å². The van der Waals surface area contributed by atoms with E-state index in [2.05, 4.69) is 4.72 Å². The molecule has 0 aromatic heterocycles. The predicted octanol–water partition coefficient (Wildman–Crippen LogP) is 2.94. The Hall–Kier alpha value is -2.45. The van der Waals surface area contributed by atoms with Gasteiger partial charge in [-0.05, 0) is 61.9 Å². The number of anilines is 1. The number of amides is 1. The van der Waals surface area contributed by atoms with Crippen LogP contribution < -0.4 is 14.4 Å². The number of ether oxygens (including phenoxy) is 1. The van der Waals surface area contributed by atoms with Gasteiger partial charge in [-0.15, -0.1) is 0 Å². The number of likely N-dealkylation sites (N-methyl/N-ethyl adjacent to an activating group) is 1. The highest BCUT2D eigenvalue weighted by Crippen LogP contribution is 2.17. The number of nitrogens with one attached hydrogen (secondary N) is 1. The van der Waals surface area contributed by atoms with Gasteiger partial charge < -0.3 is 9.64 Å². The fourth-order valence-electron chi connectivity index (χ4n) is 2.18. The van der Waals surface area contributed by atoms with Crippen LogP contribution in [-0.2, 0) is 14.8 Å². The molecule has 146 valence electrons. The first-order valence-corrected chi connectivity index (χ1v) is 9.98. The summed E-state index contributed by atoms with van der Waals surface area (Å²) in [6.45, 7) is 3.45. The lowest BCUT2D eigenvalue weighted by Gasteiger charge is -2.17. The fraction of sp³-hybridized carbons (Fsp3) is 0.316. The number of carbonyl (C=O) groups excluding carboxylic acids is 1. The lowest BCUT2D eigenvalue weighted by Crippen LogP contribution is -2.32. The first-order chi connectivity index (χ1) is 12.7. The number of hydrogen-bond acceptors (Lipinski definition) is 4. The van der Waals surface area contributed by atoms with E-state index in [-0.39, 0.29) is 29.3 Å². The van der Waals surface area contributed by atoms with Crippen LogP contribution in [0.4, 0.5) is 10.1 Å². The zero-order chi connectivity index (χ0) is 20.0. The van der Waals surface area contributed by atoms with Crippen molar-refractivity contribution in [2.75, 3.05) is 18.6 Å². The highest BCUT2D eigenvalue weighted by molar-refractivity contribution is 7.89. The largest absolute Gasteiger partial charge is 0.484 e. The molecule has 0 spiro atoms. The van der Waals surface area contributed by atoms with Crippen molar-refractivity contribution in [2.45, 2.75) is 31.2 Å². The highest BCUT2D eigenvalue weighted by Gasteiger charge is 2.17. The van der Waals surface area contributed by atoms with Crippen LogP contribution in [0.3, 0.4) is 0 Å². The molecule has 8 heteroatoms. The normalized spacial score (nSPS) is 12.4. The highest BCUT2D eigenvalue weighted by atomic mass is 32.2. The van der Waals surface area contributed by atoms with Crippen molar-refractivity contribution in [1.29, 1.82) is 0 Å². The molecule has 1 amide bonds. The van der Waals surface area contributed by atoms with Crippen LogP contribution in [0, 0.1) is 5.82 Å². The second-order valence-corrected chi connectivity index (χ2v) is 7.83. The SMILES string of the molecule is CC[C@H](C)NS(=O)(=O)c1ccc(OCC(=O)N(C)c2ccc(F)cc2)cc1. The van der Waals surface area contributed by atoms with Crippen molar-refractivity contribution in [3.05, 3.63) is 54.3 Å². The zero-order valence-electron chi connectivity index (χ0n) is 15.5. The van der Waals surface area contributed by atoms with Gasteiger partial charge in [0.15, 0.2) is 6.61 Å². The topological polar surface area (TPSA) is 75.7 Å². The van der Waals surface area contributed by atoms with Crippen molar-refractivity contribution in [3.8, 4) is 5.75 Å². The Balaban J connectivity index is 1.96. The van der Waals surface area contributed by atoms with Gasteiger partial charge in [0, 0.05) is 18.8 Å². The van der Waals surface area contributed by atoms with E-state index in [0.717, 1.165) is 0 Å². The lowest BCUT2D eigenvalue weighted by molar-refractivity contribution is -0.120. The van der Waals surface area contributed by atoms with Gasteiger partial charge in [0.2, 0.25) is 10.0 Å². The van der Waals surface area contributed by atoms with E-state index in [9.17, 15) is 17.6 Å². The van der Waals surface area contributed by atoms with Gasteiger partial charge in [-0.25, -0.2) is 17.5 Å². The Morgan fingerprint density at radius 3 is 2.30 bits per heavy atom. The Morgan fingerprint density at radius 2 is 1.74 bits per heavy atom. The number of halogens is 1. The van der Waals surface area contributed by atoms with E-state index in [0.29, 0.717) is 17.9 Å². The van der Waals surface area contributed by atoms with Crippen LogP contribution in [0.15, 0.2) is 53.4 Å². The first kappa shape index (κ1) is 20.9. The molecule has 6 nitrogen and oxygen atoms in total. The van der Waals surface area contributed by atoms with Crippen molar-refractivity contribution in [1.82, 2.24) is 4.72 Å². The minimum Gasteiger partial charge on any atom is -0.484 e. The van der Waals surface area contributed by atoms with E-state index in [1.54, 1.807) is 14.0 Å². The summed E-state index contributed by atoms with van der Waals surface area (Å²) in [5.41, 5.74) is 0.544. The van der Waals surface area contributed by atoms with Gasteiger partial charge in [-0.3, -0.25) is 4.79 Å². The number of rotatable bonds is 8. The van der Waals surface area contributed by atoms with Crippen molar-refractivity contribution >= 4 is 21.6 Å². The molecule has 0 aliphatic rings. The number of carbonyl (C=O) groups is 1. The Bertz CT molecular complexity index is 868. The summed E-state index contributed by atoms with van der Waals surface area (Å²) < 4.78 is 45.4. The summed E-state index contributed by atoms with van der Waals surface area (Å²) in [5, 5.41) is 0. The molecule has 1 N–H and O–H groups in total. The van der Waals surface area contributed by atoms with Crippen LogP contribution in [0.2, 0.25) is 0 Å². The number of sulfonamides is 1. The maximum atomic E-state index is 13.0. The van der Waals surface area contributed by atoms with E-state index in [1.807, 2.05) is 6.92 Å². The molecule has 0 saturated carbocycles. The monoisotopic (exact) mass is 394 g/mol. The Kier molecular flexibility index (Phi) is 6.92. The number of hydrogen-bond donors (Lipinski definition) is 1. The minimum absolute atomic E-state index is 0.130. The predicted molar refractivity (Wildman–Crippen MR) is 102 cm³/mol. The van der Waals surface area contributed by atoms with E-state index in [1.165, 1.54) is 53.4 Å². The Morgan fingerprint density at radius 1 is 1.15 bits per heavy atom. The lowest BCUT2D eigenvalue weighted by atomic mass is 10.3. The third-order valence-corrected chi connectivity index (χ3v) is 5.66. The molecule has 2 rings (SSSR count). The quantitative estimate of drug-likeness (QED) is 0.747. The molecule has 1 atom stereocenters. The summed E-state index contributed by atoms with van der Waals surface area (Å²) in [4.78, 5) is 13.7. The van der Waals surface area contributed by atoms with Crippen LogP contribution >= 0.6 is 0 Å². The van der Waals surface area contributed by atoms with Crippen molar-refractivity contribution in [3.63, 3.8) is 0 Å². The van der Waals surface area contributed by atoms with Crippen LogP contribution in [0.25, 0.3) is 0 Å². The molecular formula is C19H23FN2O4S. The van der Waals surface area contributed by atoms with Crippen molar-refractivity contribution in [2.24, 2.45) is 0 Å². The molecule has 0 saturated heterocycles. The molecule has 2 aromatic carbocycles. The zero-order valence-corrected chi connectivity index (χ0v) is 16.3. The van der Waals surface area contributed by atoms with Crippen LogP contribution in [0.5, 0.6) is 5.75 Å². The summed E-state index contributed by atoms with van der Waals surface area (Å²) in [6, 6.07) is 11.2. The molecule has 0 unspecified atom stereocenters. The molecule has 2 aromatic rings. The molecular weight excluding hydrogens is 371 g/mol. The molecule has 0 bridgehead atoms. The molecule has 0 radical (unpaired) electrons. The van der Waals surface area contributed by atoms with Crippen molar-refractivity contribution < 1.29 is 22.3 Å². The molecule has 0 heterocycles. The summed E-state index contributed by atoms with van der Waals surface area (Å²) >= 11 is 0. The molecule has 27 heavy (non-hydrogen) atoms. The molecule has 0 fully saturated rings. The van der Waals surface area contributed by atoms with Gasteiger partial charge in [0.25, 0.3) is 5.91 Å². The maximum Gasteiger partial charge on any atom is 0.264 e. The first-order valence-electron chi connectivity index (χ1n) is 8.50. The van der Waals surface area contributed by atoms with E-state index < -0.39 is 10.0 Å². The summed E-state index contributed by atoms with van der Waals surface area (Å²) in [7, 11) is -2.02. The Labute approximate surface area is 159 Å². The van der Waals surface area contributed by atoms with Gasteiger partial charge >= 0.3 is 0 Å². The van der Waals surface area contributed by atoms with Gasteiger partial charge in [-0.2, -0.15) is 0 Å². The van der Waals surface area contributed by atoms with Gasteiger partial charge in [0.05, 0.1) is 4.90 Å². The second kappa shape index (κ2) is 8.96. The average molecular weight is 394 g/mol. The van der Waals surface area contributed by atoms with E-state index >= 15 is 0 Å². The third kappa shape index (κ3) is 5.77. The fourth-order valence-corrected chi connectivity index (χ4v) is 3.51. The number of nitrogens with zero attached hydrogens (tertiary/aromatic N) is 1. The molecule has 0 aliphatic carbocycles. The summed E-state index contributed by atoms with van der Waals surface area (Å²) in [5.74, 6) is -0.330. The second-order valence-electron chi connectivity index (χ2n) is 6.12. The van der Waals surface area contributed by atoms with Crippen LogP contribution in [0.1, 0.15) is 20.3 Å². The minimum atomic E-state index is -3.58. The maximum absolute atomic E-state index is 13.0. The molecule has 0 aliphatic heterocycles. The van der Waals surface area contributed by atoms with Gasteiger partial charge in [0.1, 0.15) is 11.6 Å². The summed E-state index contributed by atoms with van der Waals surface area (Å²) in [6.07, 6.45) is 0.685. The standard InChI is InChI=1S/C19H23FN2O4S/c1-4-14(2)21-27(24,25)18-11-9-17(10-12-18)26-13-19(23)22(3)16-7-5-15(20)6-8-16/h5-12,14,21H,4,13H2,1-3H3/t14-/m0/s1. The third-order valence-electron chi connectivity index (χ3n) is 4.05. The smallest absolute Gasteiger partial charge is 0.264 e. The van der Waals surface area contributed by atoms with E-state index in [4.69, 9.17) is 4.74 Å². The van der Waals surface area contributed by atoms with Crippen LogP contribution in [-0.4, -0.2) is 34.0 Å².